The molecule has 0 spiro atoms. The second-order valence-electron chi connectivity index (χ2n) is 4.48. The predicted octanol–water partition coefficient (Wildman–Crippen LogP) is 3.70. The van der Waals surface area contributed by atoms with E-state index >= 15 is 0 Å². The average molecular weight is 374 g/mol. The zero-order chi connectivity index (χ0) is 16.6. The summed E-state index contributed by atoms with van der Waals surface area (Å²) in [5.74, 6) is 0.00968. The lowest BCUT2D eigenvalue weighted by Gasteiger charge is -2.06. The number of anilines is 1. The van der Waals surface area contributed by atoms with Crippen LogP contribution in [0.3, 0.4) is 0 Å². The molecular formula is C13H9ClFN3O3S2. The minimum Gasteiger partial charge on any atom is -0.420 e. The monoisotopic (exact) mass is 373 g/mol. The van der Waals surface area contributed by atoms with Crippen molar-refractivity contribution in [2.24, 2.45) is 0 Å². The number of nitrogens with one attached hydrogen (secondary N) is 1. The molecule has 0 saturated carbocycles. The third-order valence-corrected chi connectivity index (χ3v) is 5.99. The molecule has 23 heavy (non-hydrogen) atoms. The number of aryl methyl sites for hydroxylation is 1. The molecule has 0 radical (unpaired) electrons. The van der Waals surface area contributed by atoms with E-state index in [-0.39, 0.29) is 20.8 Å². The van der Waals surface area contributed by atoms with E-state index < -0.39 is 15.8 Å². The molecule has 6 nitrogen and oxygen atoms in total. The molecule has 0 fully saturated rings. The minimum absolute atomic E-state index is 0.0591. The third kappa shape index (κ3) is 3.36. The molecule has 1 N–H and O–H groups in total. The van der Waals surface area contributed by atoms with Gasteiger partial charge in [-0.05, 0) is 30.3 Å². The van der Waals surface area contributed by atoms with E-state index in [4.69, 9.17) is 16.0 Å². The standard InChI is InChI=1S/C13H9ClFN3O3S2/c1-7-16-17-13(21-7)11-4-5-12(22-11)23(19,20)18-8-2-3-10(15)9(14)6-8/h2-6,18H,1H3. The molecule has 0 amide bonds. The van der Waals surface area contributed by atoms with Crippen molar-refractivity contribution in [3.05, 3.63) is 47.1 Å². The van der Waals surface area contributed by atoms with Crippen molar-refractivity contribution < 1.29 is 17.2 Å². The van der Waals surface area contributed by atoms with Crippen molar-refractivity contribution in [3.8, 4) is 10.8 Å². The van der Waals surface area contributed by atoms with Gasteiger partial charge in [0.2, 0.25) is 5.89 Å². The second kappa shape index (κ2) is 5.91. The molecule has 0 unspecified atom stereocenters. The second-order valence-corrected chi connectivity index (χ2v) is 7.88. The van der Waals surface area contributed by atoms with Crippen LogP contribution in [0.25, 0.3) is 10.8 Å². The lowest BCUT2D eigenvalue weighted by Crippen LogP contribution is -2.11. The van der Waals surface area contributed by atoms with E-state index in [9.17, 15) is 12.8 Å². The van der Waals surface area contributed by atoms with E-state index in [0.29, 0.717) is 10.8 Å². The first kappa shape index (κ1) is 15.9. The number of benzene rings is 1. The highest BCUT2D eigenvalue weighted by molar-refractivity contribution is 7.94. The zero-order valence-corrected chi connectivity index (χ0v) is 14.0. The molecule has 2 heterocycles. The quantitative estimate of drug-likeness (QED) is 0.753. The highest BCUT2D eigenvalue weighted by atomic mass is 35.5. The van der Waals surface area contributed by atoms with Crippen molar-refractivity contribution in [2.75, 3.05) is 4.72 Å². The number of sulfonamides is 1. The first-order valence-corrected chi connectivity index (χ1v) is 8.91. The molecule has 0 bridgehead atoms. The van der Waals surface area contributed by atoms with Gasteiger partial charge in [-0.15, -0.1) is 21.5 Å². The van der Waals surface area contributed by atoms with Crippen LogP contribution in [0.4, 0.5) is 10.1 Å². The first-order valence-electron chi connectivity index (χ1n) is 6.23. The number of hydrogen-bond acceptors (Lipinski definition) is 6. The zero-order valence-electron chi connectivity index (χ0n) is 11.6. The van der Waals surface area contributed by atoms with Gasteiger partial charge >= 0.3 is 0 Å². The summed E-state index contributed by atoms with van der Waals surface area (Å²) in [6, 6.07) is 6.57. The van der Waals surface area contributed by atoms with Crippen molar-refractivity contribution >= 4 is 38.6 Å². The normalized spacial score (nSPS) is 11.6. The molecule has 1 aromatic carbocycles. The van der Waals surface area contributed by atoms with Gasteiger partial charge < -0.3 is 4.42 Å². The van der Waals surface area contributed by atoms with E-state index in [0.717, 1.165) is 17.4 Å². The first-order chi connectivity index (χ1) is 10.8. The van der Waals surface area contributed by atoms with Gasteiger partial charge in [-0.25, -0.2) is 12.8 Å². The summed E-state index contributed by atoms with van der Waals surface area (Å²) in [4.78, 5) is 0.531. The van der Waals surface area contributed by atoms with Crippen LogP contribution in [0.1, 0.15) is 5.89 Å². The van der Waals surface area contributed by atoms with Crippen LogP contribution in [0, 0.1) is 12.7 Å². The van der Waals surface area contributed by atoms with Gasteiger partial charge in [-0.1, -0.05) is 11.6 Å². The average Bonchev–Trinajstić information content (AvgIpc) is 3.11. The van der Waals surface area contributed by atoms with E-state index in [2.05, 4.69) is 14.9 Å². The maximum atomic E-state index is 13.1. The molecule has 0 atom stereocenters. The van der Waals surface area contributed by atoms with Crippen LogP contribution < -0.4 is 4.72 Å². The molecule has 0 aliphatic carbocycles. The Labute approximate surface area is 140 Å². The van der Waals surface area contributed by atoms with Crippen molar-refractivity contribution in [2.45, 2.75) is 11.1 Å². The Morgan fingerprint density at radius 1 is 1.26 bits per heavy atom. The maximum absolute atomic E-state index is 13.1. The summed E-state index contributed by atoms with van der Waals surface area (Å²) < 4.78 is 45.5. The van der Waals surface area contributed by atoms with Gasteiger partial charge in [-0.2, -0.15) is 0 Å². The van der Waals surface area contributed by atoms with Crippen LogP contribution in [-0.2, 0) is 10.0 Å². The molecule has 3 rings (SSSR count). The number of nitrogens with zero attached hydrogens (tertiary/aromatic N) is 2. The summed E-state index contributed by atoms with van der Waals surface area (Å²) in [6.07, 6.45) is 0. The molecule has 2 aromatic heterocycles. The number of thiophene rings is 1. The maximum Gasteiger partial charge on any atom is 0.271 e. The van der Waals surface area contributed by atoms with Gasteiger partial charge in [0.1, 0.15) is 10.0 Å². The van der Waals surface area contributed by atoms with Gasteiger partial charge in [-0.3, -0.25) is 4.72 Å². The molecule has 0 aliphatic heterocycles. The van der Waals surface area contributed by atoms with Crippen LogP contribution in [0.2, 0.25) is 5.02 Å². The van der Waals surface area contributed by atoms with Crippen LogP contribution >= 0.6 is 22.9 Å². The molecular weight excluding hydrogens is 365 g/mol. The van der Waals surface area contributed by atoms with Crippen LogP contribution in [-0.4, -0.2) is 18.6 Å². The number of halogens is 2. The Morgan fingerprint density at radius 3 is 2.70 bits per heavy atom. The molecule has 120 valence electrons. The lowest BCUT2D eigenvalue weighted by molar-refractivity contribution is 0.534. The molecule has 0 saturated heterocycles. The molecule has 3 aromatic rings. The Balaban J connectivity index is 1.88. The van der Waals surface area contributed by atoms with E-state index in [1.54, 1.807) is 13.0 Å². The van der Waals surface area contributed by atoms with E-state index in [1.165, 1.54) is 18.2 Å². The van der Waals surface area contributed by atoms with Gasteiger partial charge in [0.05, 0.1) is 15.6 Å². The Hall–Kier alpha value is -1.97. The Bertz CT molecular complexity index is 969. The van der Waals surface area contributed by atoms with Crippen molar-refractivity contribution in [3.63, 3.8) is 0 Å². The largest absolute Gasteiger partial charge is 0.420 e. The number of rotatable bonds is 4. The summed E-state index contributed by atoms with van der Waals surface area (Å²) in [5.41, 5.74) is 0.167. The molecule has 10 heteroatoms. The minimum atomic E-state index is -3.83. The van der Waals surface area contributed by atoms with Crippen LogP contribution in [0.5, 0.6) is 0 Å². The topological polar surface area (TPSA) is 85.1 Å². The fraction of sp³-hybridized carbons (Fsp3) is 0.0769. The Kier molecular flexibility index (Phi) is 4.09. The fourth-order valence-electron chi connectivity index (χ4n) is 1.74. The van der Waals surface area contributed by atoms with Crippen LogP contribution in [0.15, 0.2) is 39.0 Å². The lowest BCUT2D eigenvalue weighted by atomic mass is 10.3. The summed E-state index contributed by atoms with van der Waals surface area (Å²) in [7, 11) is -3.83. The molecule has 0 aliphatic rings. The highest BCUT2D eigenvalue weighted by Gasteiger charge is 2.19. The smallest absolute Gasteiger partial charge is 0.271 e. The van der Waals surface area contributed by atoms with Gasteiger partial charge in [0.25, 0.3) is 15.9 Å². The number of hydrogen-bond donors (Lipinski definition) is 1. The Morgan fingerprint density at radius 2 is 2.04 bits per heavy atom. The van der Waals surface area contributed by atoms with Crippen molar-refractivity contribution in [1.29, 1.82) is 0 Å². The van der Waals surface area contributed by atoms with E-state index in [1.807, 2.05) is 0 Å². The summed E-state index contributed by atoms with van der Waals surface area (Å²) in [5, 5.41) is 7.36. The van der Waals surface area contributed by atoms with Gasteiger partial charge in [0.15, 0.2) is 0 Å². The third-order valence-electron chi connectivity index (χ3n) is 2.75. The SMILES string of the molecule is Cc1nnc(-c2ccc(S(=O)(=O)Nc3ccc(F)c(Cl)c3)s2)o1. The highest BCUT2D eigenvalue weighted by Crippen LogP contribution is 2.31. The fourth-order valence-corrected chi connectivity index (χ4v) is 4.20. The summed E-state index contributed by atoms with van der Waals surface area (Å²) in [6.45, 7) is 1.64. The van der Waals surface area contributed by atoms with Crippen molar-refractivity contribution in [1.82, 2.24) is 10.2 Å². The van der Waals surface area contributed by atoms with Gasteiger partial charge in [0, 0.05) is 6.92 Å². The predicted molar refractivity (Wildman–Crippen MR) is 84.6 cm³/mol. The number of aromatic nitrogens is 2. The summed E-state index contributed by atoms with van der Waals surface area (Å²) >= 11 is 6.62.